The largest absolute Gasteiger partial charge is 0.456 e. The summed E-state index contributed by atoms with van der Waals surface area (Å²) in [5.74, 6) is 0.995. The van der Waals surface area contributed by atoms with Crippen molar-refractivity contribution in [3.8, 4) is 0 Å². The van der Waals surface area contributed by atoms with E-state index in [1.165, 1.54) is 43.7 Å². The number of hydrogen-bond acceptors (Lipinski definition) is 2. The Balaban J connectivity index is 1.32. The lowest BCUT2D eigenvalue weighted by Gasteiger charge is -2.28. The summed E-state index contributed by atoms with van der Waals surface area (Å²) >= 11 is 0. The smallest absolute Gasteiger partial charge is 0.138 e. The lowest BCUT2D eigenvalue weighted by Crippen LogP contribution is -2.11. The van der Waals surface area contributed by atoms with Crippen LogP contribution in [0.2, 0.25) is 0 Å². The zero-order valence-corrected chi connectivity index (χ0v) is 22.5. The van der Waals surface area contributed by atoms with Crippen molar-refractivity contribution in [3.63, 3.8) is 0 Å². The second-order valence-corrected chi connectivity index (χ2v) is 11.3. The maximum atomic E-state index is 6.63. The normalized spacial score (nSPS) is 17.5. The van der Waals surface area contributed by atoms with Crippen molar-refractivity contribution in [2.75, 3.05) is 4.90 Å². The van der Waals surface area contributed by atoms with Gasteiger partial charge in [-0.1, -0.05) is 97.1 Å². The first-order chi connectivity index (χ1) is 20.3. The fourth-order valence-corrected chi connectivity index (χ4v) is 7.15. The fraction of sp³-hybridized carbons (Fsp3) is 0.0769. The van der Waals surface area contributed by atoms with E-state index in [4.69, 9.17) is 4.42 Å². The maximum absolute atomic E-state index is 6.63. The molecular formula is C39H27NO. The SMILES string of the molecule is C1=CC2Cc3ccc(N(c4ccccc4)c4cc5oc6cc7ccccc7cc6c5c5ccccc45)cc3C2C=C1. The van der Waals surface area contributed by atoms with Crippen molar-refractivity contribution >= 4 is 60.5 Å². The molecule has 0 aliphatic heterocycles. The van der Waals surface area contributed by atoms with E-state index in [0.29, 0.717) is 11.8 Å². The molecule has 9 rings (SSSR count). The highest BCUT2D eigenvalue weighted by Gasteiger charge is 2.31. The van der Waals surface area contributed by atoms with Crippen LogP contribution in [0.4, 0.5) is 17.1 Å². The summed E-state index contributed by atoms with van der Waals surface area (Å²) in [5.41, 5.74) is 8.15. The molecule has 6 aromatic carbocycles. The van der Waals surface area contributed by atoms with E-state index in [1.807, 2.05) is 0 Å². The van der Waals surface area contributed by atoms with Gasteiger partial charge < -0.3 is 9.32 Å². The van der Waals surface area contributed by atoms with Gasteiger partial charge in [-0.05, 0) is 76.0 Å². The first kappa shape index (κ1) is 22.7. The average Bonchev–Trinajstić information content (AvgIpc) is 3.58. The summed E-state index contributed by atoms with van der Waals surface area (Å²) in [6.07, 6.45) is 10.2. The van der Waals surface area contributed by atoms with Gasteiger partial charge in [0.2, 0.25) is 0 Å². The zero-order valence-electron chi connectivity index (χ0n) is 22.5. The first-order valence-corrected chi connectivity index (χ1v) is 14.4. The molecule has 0 bridgehead atoms. The number of nitrogens with zero attached hydrogens (tertiary/aromatic N) is 1. The van der Waals surface area contributed by atoms with Gasteiger partial charge in [0.25, 0.3) is 0 Å². The molecule has 2 aliphatic rings. The van der Waals surface area contributed by atoms with E-state index < -0.39 is 0 Å². The lowest BCUT2D eigenvalue weighted by atomic mass is 9.89. The number of hydrogen-bond donors (Lipinski definition) is 0. The molecule has 41 heavy (non-hydrogen) atoms. The predicted octanol–water partition coefficient (Wildman–Crippen LogP) is 10.7. The number of fused-ring (bicyclic) bond motifs is 9. The van der Waals surface area contributed by atoms with Gasteiger partial charge in [0, 0.05) is 39.5 Å². The van der Waals surface area contributed by atoms with Crippen molar-refractivity contribution in [2.45, 2.75) is 12.3 Å². The number of anilines is 3. The number of benzene rings is 6. The Labute approximate surface area is 238 Å². The van der Waals surface area contributed by atoms with E-state index >= 15 is 0 Å². The van der Waals surface area contributed by atoms with E-state index in [9.17, 15) is 0 Å². The summed E-state index contributed by atoms with van der Waals surface area (Å²) < 4.78 is 6.63. The van der Waals surface area contributed by atoms with E-state index in [-0.39, 0.29) is 0 Å². The Morgan fingerprint density at radius 1 is 0.585 bits per heavy atom. The number of furan rings is 1. The van der Waals surface area contributed by atoms with Crippen molar-refractivity contribution < 1.29 is 4.42 Å². The average molecular weight is 526 g/mol. The molecule has 2 unspecified atom stereocenters. The molecule has 194 valence electrons. The van der Waals surface area contributed by atoms with Crippen LogP contribution in [0.15, 0.2) is 144 Å². The van der Waals surface area contributed by atoms with Crippen LogP contribution < -0.4 is 4.90 Å². The molecule has 2 aliphatic carbocycles. The quantitative estimate of drug-likeness (QED) is 0.228. The maximum Gasteiger partial charge on any atom is 0.138 e. The van der Waals surface area contributed by atoms with Crippen molar-refractivity contribution in [1.82, 2.24) is 0 Å². The van der Waals surface area contributed by atoms with Gasteiger partial charge in [-0.15, -0.1) is 0 Å². The molecule has 0 N–H and O–H groups in total. The van der Waals surface area contributed by atoms with Gasteiger partial charge >= 0.3 is 0 Å². The molecule has 0 fully saturated rings. The molecule has 1 aromatic heterocycles. The second-order valence-electron chi connectivity index (χ2n) is 11.3. The van der Waals surface area contributed by atoms with E-state index in [2.05, 4.69) is 144 Å². The summed E-state index contributed by atoms with van der Waals surface area (Å²) in [4.78, 5) is 2.40. The molecule has 0 saturated carbocycles. The molecule has 2 atom stereocenters. The molecule has 2 nitrogen and oxygen atoms in total. The minimum Gasteiger partial charge on any atom is -0.456 e. The van der Waals surface area contributed by atoms with Crippen LogP contribution in [0.1, 0.15) is 17.0 Å². The molecule has 0 spiro atoms. The number of para-hydroxylation sites is 1. The molecule has 1 heterocycles. The summed E-state index contributed by atoms with van der Waals surface area (Å²) in [6, 6.07) is 41.7. The molecule has 7 aromatic rings. The minimum absolute atomic E-state index is 0.441. The Hall–Kier alpha value is -5.08. The topological polar surface area (TPSA) is 16.4 Å². The number of allylic oxidation sites excluding steroid dienone is 4. The first-order valence-electron chi connectivity index (χ1n) is 14.4. The Bertz CT molecular complexity index is 2200. The third-order valence-corrected chi connectivity index (χ3v) is 9.03. The molecule has 2 heteroatoms. The van der Waals surface area contributed by atoms with Crippen molar-refractivity contribution in [1.29, 1.82) is 0 Å². The van der Waals surface area contributed by atoms with Crippen LogP contribution in [-0.4, -0.2) is 0 Å². The monoisotopic (exact) mass is 525 g/mol. The molecular weight excluding hydrogens is 498 g/mol. The highest BCUT2D eigenvalue weighted by atomic mass is 16.3. The Kier molecular flexibility index (Phi) is 4.82. The lowest BCUT2D eigenvalue weighted by molar-refractivity contribution is 0.630. The van der Waals surface area contributed by atoms with Gasteiger partial charge in [0.1, 0.15) is 11.2 Å². The van der Waals surface area contributed by atoms with Crippen LogP contribution in [0.5, 0.6) is 0 Å². The van der Waals surface area contributed by atoms with Crippen LogP contribution >= 0.6 is 0 Å². The van der Waals surface area contributed by atoms with Gasteiger partial charge in [-0.2, -0.15) is 0 Å². The highest BCUT2D eigenvalue weighted by molar-refractivity contribution is 6.23. The summed E-state index contributed by atoms with van der Waals surface area (Å²) in [6.45, 7) is 0. The second kappa shape index (κ2) is 8.71. The van der Waals surface area contributed by atoms with Crippen molar-refractivity contribution in [3.05, 3.63) is 151 Å². The predicted molar refractivity (Wildman–Crippen MR) is 172 cm³/mol. The molecule has 0 saturated heterocycles. The highest BCUT2D eigenvalue weighted by Crippen LogP contribution is 2.48. The number of rotatable bonds is 3. The van der Waals surface area contributed by atoms with Crippen molar-refractivity contribution in [2.24, 2.45) is 5.92 Å². The van der Waals surface area contributed by atoms with Crippen LogP contribution in [0, 0.1) is 5.92 Å². The zero-order chi connectivity index (χ0) is 26.9. The van der Waals surface area contributed by atoms with Gasteiger partial charge in [-0.3, -0.25) is 0 Å². The van der Waals surface area contributed by atoms with Crippen LogP contribution in [0.25, 0.3) is 43.5 Å². The standard InChI is InChI=1S/C39H27NO/c1-2-13-29(14-3-1)40(30-19-18-28-20-27-12-6-7-15-31(27)34(28)23-30)36-24-38-39(33-17-9-8-16-32(33)36)35-21-25-10-4-5-11-26(25)22-37(35)41-38/h1-19,21-24,27,31H,20H2. The summed E-state index contributed by atoms with van der Waals surface area (Å²) in [5, 5.41) is 7.17. The van der Waals surface area contributed by atoms with E-state index in [0.717, 1.165) is 34.3 Å². The Morgan fingerprint density at radius 2 is 1.34 bits per heavy atom. The minimum atomic E-state index is 0.441. The van der Waals surface area contributed by atoms with Gasteiger partial charge in [0.05, 0.1) is 5.69 Å². The third kappa shape index (κ3) is 3.44. The van der Waals surface area contributed by atoms with Crippen LogP contribution in [-0.2, 0) is 6.42 Å². The van der Waals surface area contributed by atoms with Crippen LogP contribution in [0.3, 0.4) is 0 Å². The van der Waals surface area contributed by atoms with Gasteiger partial charge in [-0.25, -0.2) is 0 Å². The third-order valence-electron chi connectivity index (χ3n) is 9.03. The molecule has 0 radical (unpaired) electrons. The Morgan fingerprint density at radius 3 is 2.22 bits per heavy atom. The van der Waals surface area contributed by atoms with E-state index in [1.54, 1.807) is 0 Å². The fourth-order valence-electron chi connectivity index (χ4n) is 7.15. The molecule has 0 amide bonds. The summed E-state index contributed by atoms with van der Waals surface area (Å²) in [7, 11) is 0. The van der Waals surface area contributed by atoms with Gasteiger partial charge in [0.15, 0.2) is 0 Å².